The Bertz CT molecular complexity index is 1130. The Balaban J connectivity index is 1.63. The number of nitrogens with one attached hydrogen (secondary N) is 1. The molecule has 142 valence electrons. The summed E-state index contributed by atoms with van der Waals surface area (Å²) in [4.78, 5) is 18.0. The molecule has 5 rings (SSSR count). The average molecular weight is 381 g/mol. The number of rotatable bonds is 3. The number of hydrogen-bond acceptors (Lipinski definition) is 5. The van der Waals surface area contributed by atoms with E-state index in [0.717, 1.165) is 34.7 Å². The molecule has 0 saturated heterocycles. The standard InChI is InChI=1S/C19H17F2N7/c1-11-3-2-4-13-7-15(26-28(11)13)17-16-14(24-10-25-16)5-6-27(17)19-22-8-12(9-23-19)18(20)21/h2-4,7-10,17-18H,5-6H2,1H3,(H,24,25)/t17-/m1/s1. The van der Waals surface area contributed by atoms with Crippen molar-refractivity contribution in [2.45, 2.75) is 25.8 Å². The van der Waals surface area contributed by atoms with Crippen molar-refractivity contribution in [2.75, 3.05) is 11.4 Å². The van der Waals surface area contributed by atoms with Crippen LogP contribution in [0.15, 0.2) is 43.0 Å². The molecule has 0 unspecified atom stereocenters. The normalized spacial score (nSPS) is 16.7. The highest BCUT2D eigenvalue weighted by Crippen LogP contribution is 2.35. The van der Waals surface area contributed by atoms with Crippen LogP contribution in [0, 0.1) is 6.92 Å². The third kappa shape index (κ3) is 2.62. The first-order valence-electron chi connectivity index (χ1n) is 8.96. The SMILES string of the molecule is Cc1cccc2cc([C@@H]3c4nc[nH]c4CCN3c3ncc(C(F)F)cn3)nn12. The number of H-pyrrole nitrogens is 1. The summed E-state index contributed by atoms with van der Waals surface area (Å²) in [6, 6.07) is 7.69. The van der Waals surface area contributed by atoms with E-state index in [4.69, 9.17) is 5.10 Å². The van der Waals surface area contributed by atoms with Gasteiger partial charge in [0.05, 0.1) is 28.8 Å². The highest BCUT2D eigenvalue weighted by atomic mass is 19.3. The van der Waals surface area contributed by atoms with Crippen molar-refractivity contribution in [1.29, 1.82) is 0 Å². The summed E-state index contributed by atoms with van der Waals surface area (Å²) in [6.07, 6.45) is 2.17. The molecule has 0 amide bonds. The summed E-state index contributed by atoms with van der Waals surface area (Å²) in [7, 11) is 0. The number of anilines is 1. The molecule has 0 aromatic carbocycles. The first kappa shape index (κ1) is 16.8. The molecule has 9 heteroatoms. The Hall–Kier alpha value is -3.36. The lowest BCUT2D eigenvalue weighted by Gasteiger charge is -2.33. The number of imidazole rings is 1. The Labute approximate surface area is 159 Å². The van der Waals surface area contributed by atoms with Gasteiger partial charge in [0.25, 0.3) is 6.43 Å². The van der Waals surface area contributed by atoms with Gasteiger partial charge in [0.15, 0.2) is 0 Å². The average Bonchev–Trinajstić information content (AvgIpc) is 3.34. The maximum atomic E-state index is 12.9. The number of nitrogens with zero attached hydrogens (tertiary/aromatic N) is 6. The quantitative estimate of drug-likeness (QED) is 0.590. The van der Waals surface area contributed by atoms with E-state index in [1.165, 1.54) is 12.4 Å². The number of aromatic amines is 1. The van der Waals surface area contributed by atoms with Crippen LogP contribution in [0.3, 0.4) is 0 Å². The minimum Gasteiger partial charge on any atom is -0.348 e. The van der Waals surface area contributed by atoms with Crippen molar-refractivity contribution < 1.29 is 8.78 Å². The van der Waals surface area contributed by atoms with E-state index in [2.05, 4.69) is 19.9 Å². The Kier molecular flexibility index (Phi) is 3.81. The molecule has 7 nitrogen and oxygen atoms in total. The van der Waals surface area contributed by atoms with Gasteiger partial charge in [-0.1, -0.05) is 6.07 Å². The number of halogens is 2. The lowest BCUT2D eigenvalue weighted by molar-refractivity contribution is 0.150. The van der Waals surface area contributed by atoms with Crippen molar-refractivity contribution in [3.05, 3.63) is 71.3 Å². The van der Waals surface area contributed by atoms with Crippen LogP contribution in [0.25, 0.3) is 5.52 Å². The second-order valence-corrected chi connectivity index (χ2v) is 6.80. The smallest absolute Gasteiger partial charge is 0.266 e. The second kappa shape index (κ2) is 6.36. The van der Waals surface area contributed by atoms with Gasteiger partial charge in [-0.25, -0.2) is 28.2 Å². The Morgan fingerprint density at radius 2 is 2.00 bits per heavy atom. The highest BCUT2D eigenvalue weighted by Gasteiger charge is 2.34. The summed E-state index contributed by atoms with van der Waals surface area (Å²) in [5.41, 5.74) is 4.51. The van der Waals surface area contributed by atoms with E-state index in [1.54, 1.807) is 6.33 Å². The third-order valence-electron chi connectivity index (χ3n) is 5.07. The Morgan fingerprint density at radius 1 is 1.18 bits per heavy atom. The molecular formula is C19H17F2N7. The molecule has 1 aliphatic rings. The van der Waals surface area contributed by atoms with Crippen LogP contribution in [0.2, 0.25) is 0 Å². The van der Waals surface area contributed by atoms with Gasteiger partial charge in [-0.05, 0) is 25.1 Å². The molecule has 1 N–H and O–H groups in total. The van der Waals surface area contributed by atoms with Gasteiger partial charge in [-0.2, -0.15) is 5.10 Å². The maximum absolute atomic E-state index is 12.9. The Morgan fingerprint density at radius 3 is 2.75 bits per heavy atom. The third-order valence-corrected chi connectivity index (χ3v) is 5.07. The number of pyridine rings is 1. The summed E-state index contributed by atoms with van der Waals surface area (Å²) < 4.78 is 27.6. The maximum Gasteiger partial charge on any atom is 0.266 e. The lowest BCUT2D eigenvalue weighted by Crippen LogP contribution is -2.37. The molecule has 0 aliphatic carbocycles. The number of alkyl halides is 2. The minimum atomic E-state index is -2.59. The van der Waals surface area contributed by atoms with Crippen LogP contribution in [0.1, 0.15) is 40.8 Å². The van der Waals surface area contributed by atoms with Crippen LogP contribution in [-0.4, -0.2) is 36.1 Å². The molecule has 28 heavy (non-hydrogen) atoms. The van der Waals surface area contributed by atoms with E-state index in [9.17, 15) is 8.78 Å². The van der Waals surface area contributed by atoms with Crippen molar-refractivity contribution in [3.63, 3.8) is 0 Å². The van der Waals surface area contributed by atoms with Crippen molar-refractivity contribution in [3.8, 4) is 0 Å². The van der Waals surface area contributed by atoms with Crippen LogP contribution in [0.4, 0.5) is 14.7 Å². The molecule has 0 radical (unpaired) electrons. The molecule has 5 heterocycles. The fourth-order valence-electron chi connectivity index (χ4n) is 3.69. The first-order valence-corrected chi connectivity index (χ1v) is 8.96. The zero-order valence-electron chi connectivity index (χ0n) is 15.0. The second-order valence-electron chi connectivity index (χ2n) is 6.80. The van der Waals surface area contributed by atoms with Crippen LogP contribution in [-0.2, 0) is 6.42 Å². The van der Waals surface area contributed by atoms with Crippen molar-refractivity contribution in [2.24, 2.45) is 0 Å². The van der Waals surface area contributed by atoms with E-state index < -0.39 is 6.43 Å². The lowest BCUT2D eigenvalue weighted by atomic mass is 10.0. The van der Waals surface area contributed by atoms with Crippen molar-refractivity contribution >= 4 is 11.5 Å². The molecule has 4 aromatic rings. The van der Waals surface area contributed by atoms with Crippen LogP contribution < -0.4 is 4.90 Å². The van der Waals surface area contributed by atoms with Crippen molar-refractivity contribution in [1.82, 2.24) is 29.5 Å². The summed E-state index contributed by atoms with van der Waals surface area (Å²) >= 11 is 0. The topological polar surface area (TPSA) is 75.0 Å². The van der Waals surface area contributed by atoms with E-state index >= 15 is 0 Å². The molecule has 0 fully saturated rings. The van der Waals surface area contributed by atoms with E-state index in [1.807, 2.05) is 40.6 Å². The number of fused-ring (bicyclic) bond motifs is 2. The monoisotopic (exact) mass is 381 g/mol. The van der Waals surface area contributed by atoms with Crippen LogP contribution in [0.5, 0.6) is 0 Å². The summed E-state index contributed by atoms with van der Waals surface area (Å²) in [5, 5.41) is 4.78. The van der Waals surface area contributed by atoms with Gasteiger partial charge in [0.1, 0.15) is 6.04 Å². The molecular weight excluding hydrogens is 364 g/mol. The highest BCUT2D eigenvalue weighted by molar-refractivity contribution is 5.53. The number of aryl methyl sites for hydroxylation is 1. The van der Waals surface area contributed by atoms with Gasteiger partial charge in [0.2, 0.25) is 5.95 Å². The number of aromatic nitrogens is 6. The first-order chi connectivity index (χ1) is 13.6. The largest absolute Gasteiger partial charge is 0.348 e. The molecule has 1 atom stereocenters. The van der Waals surface area contributed by atoms with Gasteiger partial charge in [-0.3, -0.25) is 0 Å². The van der Waals surface area contributed by atoms with E-state index in [0.29, 0.717) is 12.5 Å². The van der Waals surface area contributed by atoms with Gasteiger partial charge < -0.3 is 9.88 Å². The molecule has 0 bridgehead atoms. The van der Waals surface area contributed by atoms with Gasteiger partial charge >= 0.3 is 0 Å². The minimum absolute atomic E-state index is 0.193. The molecule has 0 spiro atoms. The zero-order valence-corrected chi connectivity index (χ0v) is 15.0. The zero-order chi connectivity index (χ0) is 19.3. The van der Waals surface area contributed by atoms with E-state index in [-0.39, 0.29) is 11.6 Å². The van der Waals surface area contributed by atoms with Gasteiger partial charge in [-0.15, -0.1) is 0 Å². The fourth-order valence-corrected chi connectivity index (χ4v) is 3.69. The predicted octanol–water partition coefficient (Wildman–Crippen LogP) is 3.25. The number of hydrogen-bond donors (Lipinski definition) is 1. The fraction of sp³-hybridized carbons (Fsp3) is 0.263. The van der Waals surface area contributed by atoms with Crippen LogP contribution >= 0.6 is 0 Å². The summed E-state index contributed by atoms with van der Waals surface area (Å²) in [5.74, 6) is 0.386. The molecule has 1 aliphatic heterocycles. The molecule has 0 saturated carbocycles. The predicted molar refractivity (Wildman–Crippen MR) is 98.4 cm³/mol. The van der Waals surface area contributed by atoms with Gasteiger partial charge in [0, 0.05) is 36.7 Å². The summed E-state index contributed by atoms with van der Waals surface area (Å²) in [6.45, 7) is 2.62. The molecule has 4 aromatic heterocycles.